The highest BCUT2D eigenvalue weighted by molar-refractivity contribution is 7.92. The molecular weight excluding hydrogens is 335 g/mol. The molecule has 21 heavy (non-hydrogen) atoms. The molecule has 5 nitrogen and oxygen atoms in total. The van der Waals surface area contributed by atoms with Crippen LogP contribution < -0.4 is 5.32 Å². The van der Waals surface area contributed by atoms with Crippen LogP contribution in [-0.2, 0) is 14.6 Å². The maximum Gasteiger partial charge on any atom is 0.221 e. The molecule has 1 N–H and O–H groups in total. The first-order valence-electron chi connectivity index (χ1n) is 6.37. The molecule has 0 bridgehead atoms. The molecule has 116 valence electrons. The van der Waals surface area contributed by atoms with Gasteiger partial charge in [-0.2, -0.15) is 0 Å². The number of carbonyl (C=O) groups is 1. The van der Waals surface area contributed by atoms with E-state index in [0.717, 1.165) is 0 Å². The standard InChI is InChI=1S/C13H16Cl2N2O3S/c1-17(2)6-5-11(18)16-10-7-21(19,20)13-8(10)3-4-9(14)12(13)15/h3-4,10H,5-7H2,1-2H3,(H,16,18). The molecule has 0 saturated carbocycles. The molecular formula is C13H16Cl2N2O3S. The number of nitrogens with one attached hydrogen (secondary N) is 1. The van der Waals surface area contributed by atoms with Gasteiger partial charge in [0.05, 0.1) is 26.7 Å². The van der Waals surface area contributed by atoms with Gasteiger partial charge in [0, 0.05) is 13.0 Å². The average molecular weight is 351 g/mol. The van der Waals surface area contributed by atoms with Crippen LogP contribution in [0, 0.1) is 0 Å². The molecule has 1 aliphatic heterocycles. The lowest BCUT2D eigenvalue weighted by Crippen LogP contribution is -2.31. The third-order valence-corrected chi connectivity index (χ3v) is 6.02. The van der Waals surface area contributed by atoms with Crippen molar-refractivity contribution in [2.45, 2.75) is 17.4 Å². The van der Waals surface area contributed by atoms with Crippen molar-refractivity contribution in [2.24, 2.45) is 0 Å². The van der Waals surface area contributed by atoms with Gasteiger partial charge in [0.25, 0.3) is 0 Å². The van der Waals surface area contributed by atoms with Crippen LogP contribution in [0.2, 0.25) is 10.0 Å². The summed E-state index contributed by atoms with van der Waals surface area (Å²) in [7, 11) is 0.205. The molecule has 0 fully saturated rings. The van der Waals surface area contributed by atoms with Crippen molar-refractivity contribution in [2.75, 3.05) is 26.4 Å². The van der Waals surface area contributed by atoms with Crippen molar-refractivity contribution in [3.8, 4) is 0 Å². The highest BCUT2D eigenvalue weighted by atomic mass is 35.5. The second-order valence-electron chi connectivity index (χ2n) is 5.23. The van der Waals surface area contributed by atoms with Gasteiger partial charge in [-0.25, -0.2) is 8.42 Å². The minimum absolute atomic E-state index is 0.0270. The third kappa shape index (κ3) is 3.51. The summed E-state index contributed by atoms with van der Waals surface area (Å²) in [6, 6.07) is 2.57. The molecule has 2 rings (SSSR count). The molecule has 0 aliphatic carbocycles. The summed E-state index contributed by atoms with van der Waals surface area (Å²) in [5, 5.41) is 2.97. The largest absolute Gasteiger partial charge is 0.348 e. The first-order chi connectivity index (χ1) is 9.72. The van der Waals surface area contributed by atoms with Gasteiger partial charge >= 0.3 is 0 Å². The summed E-state index contributed by atoms with van der Waals surface area (Å²) in [5.41, 5.74) is 0.502. The summed E-state index contributed by atoms with van der Waals surface area (Å²) in [5.74, 6) is -0.376. The molecule has 0 aromatic heterocycles. The molecule has 0 saturated heterocycles. The average Bonchev–Trinajstić information content (AvgIpc) is 2.63. The van der Waals surface area contributed by atoms with E-state index in [-0.39, 0.29) is 26.6 Å². The Balaban J connectivity index is 2.24. The monoisotopic (exact) mass is 350 g/mol. The van der Waals surface area contributed by atoms with Gasteiger partial charge in [0.2, 0.25) is 5.91 Å². The van der Waals surface area contributed by atoms with Gasteiger partial charge in [-0.1, -0.05) is 29.3 Å². The number of benzene rings is 1. The summed E-state index contributed by atoms with van der Waals surface area (Å²) in [4.78, 5) is 13.8. The number of amides is 1. The number of rotatable bonds is 4. The van der Waals surface area contributed by atoms with E-state index in [1.165, 1.54) is 0 Å². The zero-order chi connectivity index (χ0) is 15.8. The lowest BCUT2D eigenvalue weighted by molar-refractivity contribution is -0.121. The van der Waals surface area contributed by atoms with Crippen LogP contribution in [0.3, 0.4) is 0 Å². The summed E-state index contributed by atoms with van der Waals surface area (Å²) in [6.07, 6.45) is 0.306. The van der Waals surface area contributed by atoms with Gasteiger partial charge in [0.1, 0.15) is 0 Å². The third-order valence-electron chi connectivity index (χ3n) is 3.27. The zero-order valence-corrected chi connectivity index (χ0v) is 14.0. The minimum atomic E-state index is -3.53. The quantitative estimate of drug-likeness (QED) is 0.900. The normalized spacial score (nSPS) is 19.6. The Bertz CT molecular complexity index is 674. The SMILES string of the molecule is CN(C)CCC(=O)NC1CS(=O)(=O)c2c1ccc(Cl)c2Cl. The van der Waals surface area contributed by atoms with Crippen molar-refractivity contribution in [1.82, 2.24) is 10.2 Å². The predicted molar refractivity (Wildman–Crippen MR) is 82.6 cm³/mol. The summed E-state index contributed by atoms with van der Waals surface area (Å²) >= 11 is 11.9. The van der Waals surface area contributed by atoms with Crippen molar-refractivity contribution >= 4 is 38.9 Å². The van der Waals surface area contributed by atoms with Crippen LogP contribution in [0.1, 0.15) is 18.0 Å². The predicted octanol–water partition coefficient (Wildman–Crippen LogP) is 1.89. The van der Waals surface area contributed by atoms with E-state index in [2.05, 4.69) is 5.32 Å². The van der Waals surface area contributed by atoms with Crippen LogP contribution >= 0.6 is 23.2 Å². The minimum Gasteiger partial charge on any atom is -0.348 e. The molecule has 1 heterocycles. The first kappa shape index (κ1) is 16.5. The molecule has 0 spiro atoms. The Morgan fingerprint density at radius 3 is 2.67 bits per heavy atom. The van der Waals surface area contributed by atoms with Gasteiger partial charge in [0.15, 0.2) is 9.84 Å². The highest BCUT2D eigenvalue weighted by Gasteiger charge is 2.38. The topological polar surface area (TPSA) is 66.5 Å². The van der Waals surface area contributed by atoms with Crippen LogP contribution in [0.4, 0.5) is 0 Å². The zero-order valence-electron chi connectivity index (χ0n) is 11.7. The fraction of sp³-hybridized carbons (Fsp3) is 0.462. The second-order valence-corrected chi connectivity index (χ2v) is 7.99. The molecule has 1 unspecified atom stereocenters. The van der Waals surface area contributed by atoms with Crippen molar-refractivity contribution in [1.29, 1.82) is 0 Å². The van der Waals surface area contributed by atoms with E-state index >= 15 is 0 Å². The maximum atomic E-state index is 12.2. The number of hydrogen-bond acceptors (Lipinski definition) is 4. The van der Waals surface area contributed by atoms with Crippen LogP contribution in [0.5, 0.6) is 0 Å². The van der Waals surface area contributed by atoms with Crippen molar-refractivity contribution in [3.63, 3.8) is 0 Å². The Morgan fingerprint density at radius 1 is 1.38 bits per heavy atom. The molecule has 1 aromatic carbocycles. The summed E-state index contributed by atoms with van der Waals surface area (Å²) in [6.45, 7) is 0.597. The Labute approximate surface area is 134 Å². The lowest BCUT2D eigenvalue weighted by atomic mass is 10.1. The lowest BCUT2D eigenvalue weighted by Gasteiger charge is -2.14. The van der Waals surface area contributed by atoms with E-state index in [1.807, 2.05) is 19.0 Å². The van der Waals surface area contributed by atoms with E-state index in [4.69, 9.17) is 23.2 Å². The summed E-state index contributed by atoms with van der Waals surface area (Å²) < 4.78 is 24.4. The van der Waals surface area contributed by atoms with E-state index in [9.17, 15) is 13.2 Å². The van der Waals surface area contributed by atoms with Crippen molar-refractivity contribution in [3.05, 3.63) is 27.7 Å². The Hall–Kier alpha value is -0.820. The second kappa shape index (κ2) is 6.12. The van der Waals surface area contributed by atoms with E-state index in [1.54, 1.807) is 12.1 Å². The van der Waals surface area contributed by atoms with Gasteiger partial charge in [-0.3, -0.25) is 4.79 Å². The van der Waals surface area contributed by atoms with Crippen molar-refractivity contribution < 1.29 is 13.2 Å². The van der Waals surface area contributed by atoms with Gasteiger partial charge in [-0.05, 0) is 25.7 Å². The van der Waals surface area contributed by atoms with E-state index < -0.39 is 15.9 Å². The van der Waals surface area contributed by atoms with Gasteiger partial charge < -0.3 is 10.2 Å². The molecule has 1 aliphatic rings. The number of halogens is 2. The maximum absolute atomic E-state index is 12.2. The number of sulfone groups is 1. The molecule has 1 atom stereocenters. The van der Waals surface area contributed by atoms with E-state index in [0.29, 0.717) is 18.5 Å². The molecule has 0 radical (unpaired) electrons. The Kier molecular flexibility index (Phi) is 4.82. The molecule has 8 heteroatoms. The van der Waals surface area contributed by atoms with Crippen LogP contribution in [0.25, 0.3) is 0 Å². The van der Waals surface area contributed by atoms with Crippen LogP contribution in [-0.4, -0.2) is 45.6 Å². The van der Waals surface area contributed by atoms with Gasteiger partial charge in [-0.15, -0.1) is 0 Å². The molecule has 1 amide bonds. The Morgan fingerprint density at radius 2 is 2.05 bits per heavy atom. The molecule has 1 aromatic rings. The fourth-order valence-corrected chi connectivity index (χ4v) is 4.80. The highest BCUT2D eigenvalue weighted by Crippen LogP contribution is 2.41. The fourth-order valence-electron chi connectivity index (χ4n) is 2.24. The van der Waals surface area contributed by atoms with Crippen LogP contribution in [0.15, 0.2) is 17.0 Å². The number of carbonyl (C=O) groups excluding carboxylic acids is 1. The smallest absolute Gasteiger partial charge is 0.221 e. The number of fused-ring (bicyclic) bond motifs is 1. The number of hydrogen-bond donors (Lipinski definition) is 1. The number of nitrogens with zero attached hydrogens (tertiary/aromatic N) is 1. The first-order valence-corrected chi connectivity index (χ1v) is 8.78.